The van der Waals surface area contributed by atoms with Gasteiger partial charge in [0.1, 0.15) is 0 Å². The molecule has 2 saturated carbocycles. The standard InChI is InChI=1S/C31H35N3O/c1-21(28-15-7-11-23-8-4-5-14-29(23)28)32-27-13-6-12-26(20-27)22-16-18-24(19-17-22)30-33-31(35-34-30)25-9-2-3-10-25/h4-5,7-8,11,14-19,21,25-27,32H,2-3,6,9-10,12-13,20H2,1H3/t21-,26+,27+/m1/s1. The Bertz CT molecular complexity index is 1270. The molecule has 2 aliphatic carbocycles. The predicted molar refractivity (Wildman–Crippen MR) is 141 cm³/mol. The van der Waals surface area contributed by atoms with Crippen LogP contribution in [-0.4, -0.2) is 16.2 Å². The van der Waals surface area contributed by atoms with Crippen molar-refractivity contribution >= 4 is 10.8 Å². The van der Waals surface area contributed by atoms with Crippen LogP contribution < -0.4 is 5.32 Å². The maximum atomic E-state index is 5.59. The molecule has 0 spiro atoms. The number of hydrogen-bond donors (Lipinski definition) is 1. The van der Waals surface area contributed by atoms with Crippen LogP contribution in [0.5, 0.6) is 0 Å². The molecule has 0 unspecified atom stereocenters. The zero-order valence-electron chi connectivity index (χ0n) is 20.6. The minimum atomic E-state index is 0.333. The number of nitrogens with one attached hydrogen (secondary N) is 1. The highest BCUT2D eigenvalue weighted by molar-refractivity contribution is 5.86. The van der Waals surface area contributed by atoms with Crippen LogP contribution in [-0.2, 0) is 0 Å². The molecular weight excluding hydrogens is 430 g/mol. The van der Waals surface area contributed by atoms with Crippen molar-refractivity contribution in [1.82, 2.24) is 15.5 Å². The van der Waals surface area contributed by atoms with Crippen LogP contribution in [0.2, 0.25) is 0 Å². The van der Waals surface area contributed by atoms with E-state index in [1.165, 1.54) is 73.3 Å². The Morgan fingerprint density at radius 2 is 1.60 bits per heavy atom. The SMILES string of the molecule is C[C@@H](N[C@H]1CCC[C@H](c2ccc(-c3noc(C4CCCC4)n3)cc2)C1)c1cccc2ccccc12. The van der Waals surface area contributed by atoms with Crippen LogP contribution in [0.25, 0.3) is 22.2 Å². The van der Waals surface area contributed by atoms with E-state index in [0.29, 0.717) is 23.9 Å². The third kappa shape index (κ3) is 4.77. The Balaban J connectivity index is 1.12. The molecule has 1 heterocycles. The van der Waals surface area contributed by atoms with E-state index < -0.39 is 0 Å². The van der Waals surface area contributed by atoms with E-state index in [-0.39, 0.29) is 0 Å². The van der Waals surface area contributed by atoms with Gasteiger partial charge < -0.3 is 9.84 Å². The van der Waals surface area contributed by atoms with Gasteiger partial charge in [0, 0.05) is 23.6 Å². The van der Waals surface area contributed by atoms with Gasteiger partial charge in [0.25, 0.3) is 0 Å². The summed E-state index contributed by atoms with van der Waals surface area (Å²) in [7, 11) is 0. The number of aromatic nitrogens is 2. The first-order chi connectivity index (χ1) is 17.2. The van der Waals surface area contributed by atoms with E-state index in [1.54, 1.807) is 0 Å². The lowest BCUT2D eigenvalue weighted by atomic mass is 9.80. The number of benzene rings is 3. The summed E-state index contributed by atoms with van der Waals surface area (Å²) in [4.78, 5) is 4.71. The Kier molecular flexibility index (Phi) is 6.39. The van der Waals surface area contributed by atoms with E-state index in [9.17, 15) is 0 Å². The van der Waals surface area contributed by atoms with Gasteiger partial charge in [-0.1, -0.05) is 91.1 Å². The minimum Gasteiger partial charge on any atom is -0.339 e. The lowest BCUT2D eigenvalue weighted by Gasteiger charge is -2.32. The third-order valence-electron chi connectivity index (χ3n) is 8.24. The molecule has 0 aliphatic heterocycles. The minimum absolute atomic E-state index is 0.333. The summed E-state index contributed by atoms with van der Waals surface area (Å²) in [5.74, 6) is 2.60. The molecule has 2 fully saturated rings. The maximum Gasteiger partial charge on any atom is 0.230 e. The first-order valence-corrected chi connectivity index (χ1v) is 13.4. The molecule has 2 aliphatic rings. The topological polar surface area (TPSA) is 51.0 Å². The fourth-order valence-electron chi connectivity index (χ4n) is 6.31. The normalized spacial score (nSPS) is 22.0. The van der Waals surface area contributed by atoms with Crippen molar-refractivity contribution in [2.24, 2.45) is 0 Å². The molecule has 35 heavy (non-hydrogen) atoms. The van der Waals surface area contributed by atoms with Gasteiger partial charge in [0.2, 0.25) is 11.7 Å². The molecule has 1 aromatic heterocycles. The van der Waals surface area contributed by atoms with E-state index in [0.717, 1.165) is 17.3 Å². The Morgan fingerprint density at radius 1 is 0.829 bits per heavy atom. The largest absolute Gasteiger partial charge is 0.339 e. The number of hydrogen-bond acceptors (Lipinski definition) is 4. The lowest BCUT2D eigenvalue weighted by Crippen LogP contribution is -2.35. The van der Waals surface area contributed by atoms with Crippen molar-refractivity contribution in [2.45, 2.75) is 82.2 Å². The van der Waals surface area contributed by atoms with Gasteiger partial charge in [-0.15, -0.1) is 0 Å². The second-order valence-corrected chi connectivity index (χ2v) is 10.6. The first-order valence-electron chi connectivity index (χ1n) is 13.4. The fraction of sp³-hybridized carbons (Fsp3) is 0.419. The molecule has 0 amide bonds. The van der Waals surface area contributed by atoms with Crippen molar-refractivity contribution in [2.75, 3.05) is 0 Å². The van der Waals surface area contributed by atoms with Gasteiger partial charge >= 0.3 is 0 Å². The third-order valence-corrected chi connectivity index (χ3v) is 8.24. The average Bonchev–Trinajstić information content (AvgIpc) is 3.61. The van der Waals surface area contributed by atoms with Crippen molar-refractivity contribution in [1.29, 1.82) is 0 Å². The highest BCUT2D eigenvalue weighted by Crippen LogP contribution is 2.36. The van der Waals surface area contributed by atoms with Crippen LogP contribution in [0.4, 0.5) is 0 Å². The van der Waals surface area contributed by atoms with Crippen molar-refractivity contribution in [3.8, 4) is 11.4 Å². The first kappa shape index (κ1) is 22.5. The smallest absolute Gasteiger partial charge is 0.230 e. The van der Waals surface area contributed by atoms with Crippen LogP contribution >= 0.6 is 0 Å². The maximum absolute atomic E-state index is 5.59. The van der Waals surface area contributed by atoms with Crippen molar-refractivity contribution < 1.29 is 4.52 Å². The Labute approximate surface area is 208 Å². The van der Waals surface area contributed by atoms with Crippen LogP contribution in [0.3, 0.4) is 0 Å². The molecule has 4 aromatic rings. The summed E-state index contributed by atoms with van der Waals surface area (Å²) in [6.45, 7) is 2.31. The summed E-state index contributed by atoms with van der Waals surface area (Å²) in [5.41, 5.74) is 3.88. The number of rotatable bonds is 6. The molecule has 3 aromatic carbocycles. The lowest BCUT2D eigenvalue weighted by molar-refractivity contribution is 0.319. The van der Waals surface area contributed by atoms with Gasteiger partial charge in [-0.2, -0.15) is 4.98 Å². The highest BCUT2D eigenvalue weighted by Gasteiger charge is 2.26. The highest BCUT2D eigenvalue weighted by atomic mass is 16.5. The van der Waals surface area contributed by atoms with E-state index in [4.69, 9.17) is 9.51 Å². The molecule has 3 atom stereocenters. The predicted octanol–water partition coefficient (Wildman–Crippen LogP) is 7.92. The Morgan fingerprint density at radius 3 is 2.46 bits per heavy atom. The van der Waals surface area contributed by atoms with Gasteiger partial charge in [-0.05, 0) is 66.8 Å². The molecule has 0 bridgehead atoms. The molecule has 1 N–H and O–H groups in total. The summed E-state index contributed by atoms with van der Waals surface area (Å²) in [5, 5.41) is 10.9. The monoisotopic (exact) mass is 465 g/mol. The average molecular weight is 466 g/mol. The molecular formula is C31H35N3O. The van der Waals surface area contributed by atoms with Crippen LogP contribution in [0.1, 0.15) is 93.2 Å². The van der Waals surface area contributed by atoms with Gasteiger partial charge in [0.05, 0.1) is 0 Å². The summed E-state index contributed by atoms with van der Waals surface area (Å²) in [6, 6.07) is 25.1. The molecule has 4 nitrogen and oxygen atoms in total. The van der Waals surface area contributed by atoms with E-state index >= 15 is 0 Å². The van der Waals surface area contributed by atoms with Crippen LogP contribution in [0.15, 0.2) is 71.3 Å². The van der Waals surface area contributed by atoms with Crippen molar-refractivity contribution in [3.63, 3.8) is 0 Å². The molecule has 180 valence electrons. The molecule has 6 rings (SSSR count). The molecule has 4 heteroatoms. The molecule has 0 radical (unpaired) electrons. The number of nitrogens with zero attached hydrogens (tertiary/aromatic N) is 2. The van der Waals surface area contributed by atoms with Crippen LogP contribution in [0, 0.1) is 0 Å². The van der Waals surface area contributed by atoms with E-state index in [2.05, 4.69) is 84.1 Å². The zero-order chi connectivity index (χ0) is 23.6. The summed E-state index contributed by atoms with van der Waals surface area (Å²) in [6.07, 6.45) is 9.85. The summed E-state index contributed by atoms with van der Waals surface area (Å²) >= 11 is 0. The fourth-order valence-corrected chi connectivity index (χ4v) is 6.31. The number of fused-ring (bicyclic) bond motifs is 1. The second kappa shape index (κ2) is 9.94. The Hall–Kier alpha value is -2.98. The second-order valence-electron chi connectivity index (χ2n) is 10.6. The quantitative estimate of drug-likeness (QED) is 0.314. The zero-order valence-corrected chi connectivity index (χ0v) is 20.6. The molecule has 0 saturated heterocycles. The van der Waals surface area contributed by atoms with Gasteiger partial charge in [0.15, 0.2) is 0 Å². The summed E-state index contributed by atoms with van der Waals surface area (Å²) < 4.78 is 5.59. The van der Waals surface area contributed by atoms with E-state index in [1.807, 2.05) is 0 Å². The van der Waals surface area contributed by atoms with Gasteiger partial charge in [-0.25, -0.2) is 0 Å². The van der Waals surface area contributed by atoms with Crippen molar-refractivity contribution in [3.05, 3.63) is 83.7 Å². The van der Waals surface area contributed by atoms with Gasteiger partial charge in [-0.3, -0.25) is 0 Å².